The topological polar surface area (TPSA) is 73.2 Å². The van der Waals surface area contributed by atoms with Gasteiger partial charge in [-0.25, -0.2) is 18.1 Å². The third-order valence-electron chi connectivity index (χ3n) is 4.66. The summed E-state index contributed by atoms with van der Waals surface area (Å²) in [5.41, 5.74) is 4.91. The van der Waals surface area contributed by atoms with Gasteiger partial charge in [-0.2, -0.15) is 0 Å². The Morgan fingerprint density at radius 1 is 1.19 bits per heavy atom. The van der Waals surface area contributed by atoms with Crippen molar-refractivity contribution in [3.05, 3.63) is 47.5 Å². The maximum Gasteiger partial charge on any atom is 0.240 e. The summed E-state index contributed by atoms with van der Waals surface area (Å²) in [7, 11) is -0.452. The minimum Gasteiger partial charge on any atom is -0.383 e. The van der Waals surface area contributed by atoms with Crippen molar-refractivity contribution in [1.82, 2.24) is 14.3 Å². The van der Waals surface area contributed by atoms with E-state index in [1.165, 1.54) is 12.6 Å². The number of fused-ring (bicyclic) bond motifs is 1. The van der Waals surface area contributed by atoms with E-state index in [1.807, 2.05) is 12.1 Å². The van der Waals surface area contributed by atoms with Gasteiger partial charge in [0.05, 0.1) is 22.5 Å². The molecule has 1 N–H and O–H groups in total. The first kappa shape index (κ1) is 18.6. The van der Waals surface area contributed by atoms with E-state index >= 15 is 0 Å². The number of nitrogens with one attached hydrogen (secondary N) is 1. The molecular weight excluding hydrogens is 350 g/mol. The molecular formula is C19H23N3O3S. The first-order valence-corrected chi connectivity index (χ1v) is 9.86. The largest absolute Gasteiger partial charge is 0.383 e. The quantitative estimate of drug-likeness (QED) is 0.721. The van der Waals surface area contributed by atoms with Gasteiger partial charge in [0, 0.05) is 19.2 Å². The molecule has 2 aromatic carbocycles. The van der Waals surface area contributed by atoms with Crippen LogP contribution in [0.2, 0.25) is 0 Å². The molecule has 0 spiro atoms. The Hall–Kier alpha value is -2.22. The molecule has 0 unspecified atom stereocenters. The number of imidazole rings is 1. The molecule has 3 aromatic rings. The number of aromatic nitrogens is 2. The molecule has 0 aliphatic carbocycles. The van der Waals surface area contributed by atoms with Gasteiger partial charge in [-0.05, 0) is 50.2 Å². The van der Waals surface area contributed by atoms with Crippen LogP contribution in [0.15, 0.2) is 41.3 Å². The summed E-state index contributed by atoms with van der Waals surface area (Å²) in [6, 6.07) is 11.1. The highest BCUT2D eigenvalue weighted by Gasteiger charge is 2.18. The lowest BCUT2D eigenvalue weighted by Gasteiger charge is -2.12. The average molecular weight is 373 g/mol. The van der Waals surface area contributed by atoms with Crippen molar-refractivity contribution in [1.29, 1.82) is 0 Å². The van der Waals surface area contributed by atoms with Crippen LogP contribution in [0.25, 0.3) is 22.4 Å². The van der Waals surface area contributed by atoms with Gasteiger partial charge in [0.2, 0.25) is 10.0 Å². The van der Waals surface area contributed by atoms with Crippen LogP contribution in [-0.2, 0) is 21.3 Å². The summed E-state index contributed by atoms with van der Waals surface area (Å²) in [6.07, 6.45) is 0. The van der Waals surface area contributed by atoms with Crippen LogP contribution in [0.1, 0.15) is 11.1 Å². The van der Waals surface area contributed by atoms with Crippen LogP contribution in [0.5, 0.6) is 0 Å². The van der Waals surface area contributed by atoms with E-state index in [2.05, 4.69) is 29.2 Å². The molecule has 0 fully saturated rings. The second kappa shape index (κ2) is 7.19. The van der Waals surface area contributed by atoms with E-state index in [0.717, 1.165) is 22.5 Å². The minimum atomic E-state index is -3.51. The fourth-order valence-corrected chi connectivity index (χ4v) is 3.75. The standard InChI is InChI=1S/C19H23N3O3S/c1-13-6-5-7-16(14(13)2)19-21-17-12-15(26(23,24)20-3)8-9-18(17)22(19)10-11-25-4/h5-9,12,20H,10-11H2,1-4H3. The van der Waals surface area contributed by atoms with Crippen molar-refractivity contribution < 1.29 is 13.2 Å². The van der Waals surface area contributed by atoms with Crippen LogP contribution >= 0.6 is 0 Å². The van der Waals surface area contributed by atoms with Gasteiger partial charge in [0.1, 0.15) is 5.82 Å². The summed E-state index contributed by atoms with van der Waals surface area (Å²) in [4.78, 5) is 4.97. The lowest BCUT2D eigenvalue weighted by atomic mass is 10.0. The molecule has 6 nitrogen and oxygen atoms in total. The van der Waals surface area contributed by atoms with Crippen LogP contribution < -0.4 is 4.72 Å². The van der Waals surface area contributed by atoms with Crippen LogP contribution in [0.4, 0.5) is 0 Å². The predicted octanol–water partition coefficient (Wildman–Crippen LogP) is 2.87. The molecule has 0 aliphatic rings. The van der Waals surface area contributed by atoms with Crippen LogP contribution in [0, 0.1) is 13.8 Å². The average Bonchev–Trinajstić information content (AvgIpc) is 2.99. The first-order valence-electron chi connectivity index (χ1n) is 8.38. The monoisotopic (exact) mass is 373 g/mol. The molecule has 1 heterocycles. The van der Waals surface area contributed by atoms with E-state index in [4.69, 9.17) is 9.72 Å². The first-order chi connectivity index (χ1) is 12.4. The fourth-order valence-electron chi connectivity index (χ4n) is 3.00. The van der Waals surface area contributed by atoms with Crippen molar-refractivity contribution in [3.63, 3.8) is 0 Å². The summed E-state index contributed by atoms with van der Waals surface area (Å²) in [5.74, 6) is 0.817. The maximum absolute atomic E-state index is 12.1. The Bertz CT molecular complexity index is 1060. The number of methoxy groups -OCH3 is 1. The molecule has 0 aliphatic heterocycles. The zero-order valence-corrected chi connectivity index (χ0v) is 16.2. The van der Waals surface area contributed by atoms with E-state index in [1.54, 1.807) is 25.3 Å². The third kappa shape index (κ3) is 3.25. The normalized spacial score (nSPS) is 12.0. The summed E-state index contributed by atoms with van der Waals surface area (Å²) < 4.78 is 33.9. The molecule has 138 valence electrons. The van der Waals surface area contributed by atoms with E-state index in [-0.39, 0.29) is 4.90 Å². The molecule has 0 atom stereocenters. The molecule has 1 aromatic heterocycles. The Kier molecular flexibility index (Phi) is 5.13. The smallest absolute Gasteiger partial charge is 0.240 e. The second-order valence-electron chi connectivity index (χ2n) is 6.19. The number of benzene rings is 2. The van der Waals surface area contributed by atoms with E-state index in [9.17, 15) is 8.42 Å². The van der Waals surface area contributed by atoms with Gasteiger partial charge in [0.25, 0.3) is 0 Å². The molecule has 26 heavy (non-hydrogen) atoms. The molecule has 0 radical (unpaired) electrons. The lowest BCUT2D eigenvalue weighted by molar-refractivity contribution is 0.188. The lowest BCUT2D eigenvalue weighted by Crippen LogP contribution is -2.18. The zero-order chi connectivity index (χ0) is 18.9. The highest BCUT2D eigenvalue weighted by molar-refractivity contribution is 7.89. The number of rotatable bonds is 6. The number of sulfonamides is 1. The Balaban J connectivity index is 2.26. The fraction of sp³-hybridized carbons (Fsp3) is 0.316. The van der Waals surface area contributed by atoms with Gasteiger partial charge in [-0.3, -0.25) is 0 Å². The number of nitrogens with zero attached hydrogens (tertiary/aromatic N) is 2. The van der Waals surface area contributed by atoms with Gasteiger partial charge in [-0.1, -0.05) is 18.2 Å². The van der Waals surface area contributed by atoms with Crippen molar-refractivity contribution in [2.45, 2.75) is 25.3 Å². The number of hydrogen-bond acceptors (Lipinski definition) is 4. The summed E-state index contributed by atoms with van der Waals surface area (Å²) in [5, 5.41) is 0. The SMILES string of the molecule is CNS(=O)(=O)c1ccc2c(c1)nc(-c1cccc(C)c1C)n2CCOC. The zero-order valence-electron chi connectivity index (χ0n) is 15.4. The minimum absolute atomic E-state index is 0.205. The van der Waals surface area contributed by atoms with Crippen molar-refractivity contribution in [2.75, 3.05) is 20.8 Å². The van der Waals surface area contributed by atoms with Gasteiger partial charge < -0.3 is 9.30 Å². The third-order valence-corrected chi connectivity index (χ3v) is 6.08. The Morgan fingerprint density at radius 3 is 2.65 bits per heavy atom. The van der Waals surface area contributed by atoms with Crippen LogP contribution in [0.3, 0.4) is 0 Å². The molecule has 0 amide bonds. The molecule has 0 bridgehead atoms. The van der Waals surface area contributed by atoms with Gasteiger partial charge in [-0.15, -0.1) is 0 Å². The van der Waals surface area contributed by atoms with Crippen molar-refractivity contribution in [2.24, 2.45) is 0 Å². The highest BCUT2D eigenvalue weighted by atomic mass is 32.2. The second-order valence-corrected chi connectivity index (χ2v) is 8.07. The van der Waals surface area contributed by atoms with Gasteiger partial charge >= 0.3 is 0 Å². The van der Waals surface area contributed by atoms with E-state index in [0.29, 0.717) is 18.7 Å². The summed E-state index contributed by atoms with van der Waals surface area (Å²) >= 11 is 0. The molecule has 0 saturated heterocycles. The van der Waals surface area contributed by atoms with Crippen molar-refractivity contribution in [3.8, 4) is 11.4 Å². The van der Waals surface area contributed by atoms with Gasteiger partial charge in [0.15, 0.2) is 0 Å². The highest BCUT2D eigenvalue weighted by Crippen LogP contribution is 2.29. The molecule has 3 rings (SSSR count). The molecule has 0 saturated carbocycles. The van der Waals surface area contributed by atoms with Crippen LogP contribution in [-0.4, -0.2) is 38.7 Å². The summed E-state index contributed by atoms with van der Waals surface area (Å²) in [6.45, 7) is 5.31. The number of hydrogen-bond donors (Lipinski definition) is 1. The Morgan fingerprint density at radius 2 is 1.96 bits per heavy atom. The predicted molar refractivity (Wildman–Crippen MR) is 103 cm³/mol. The Labute approximate surface area is 153 Å². The van der Waals surface area contributed by atoms with Crippen molar-refractivity contribution >= 4 is 21.1 Å². The number of ether oxygens (including phenoxy) is 1. The maximum atomic E-state index is 12.1. The number of aryl methyl sites for hydroxylation is 1. The molecule has 7 heteroatoms. The van der Waals surface area contributed by atoms with E-state index < -0.39 is 10.0 Å².